The van der Waals surface area contributed by atoms with Crippen molar-refractivity contribution >= 4 is 17.7 Å². The summed E-state index contributed by atoms with van der Waals surface area (Å²) in [6.45, 7) is 21.6. The molecule has 3 heteroatoms. The van der Waals surface area contributed by atoms with Gasteiger partial charge in [0.25, 0.3) is 0 Å². The molecule has 142 valence electrons. The van der Waals surface area contributed by atoms with Crippen molar-refractivity contribution in [2.24, 2.45) is 12.5 Å². The van der Waals surface area contributed by atoms with Gasteiger partial charge in [0.15, 0.2) is 0 Å². The summed E-state index contributed by atoms with van der Waals surface area (Å²) in [7, 11) is 1.99. The summed E-state index contributed by atoms with van der Waals surface area (Å²) < 4.78 is 16.8. The van der Waals surface area contributed by atoms with E-state index in [1.807, 2.05) is 40.8 Å². The van der Waals surface area contributed by atoms with E-state index in [1.54, 1.807) is 13.0 Å². The zero-order valence-electron chi connectivity index (χ0n) is 17.6. The van der Waals surface area contributed by atoms with Crippen LogP contribution in [0.1, 0.15) is 65.4 Å². The minimum Gasteiger partial charge on any atom is -0.344 e. The van der Waals surface area contributed by atoms with Crippen molar-refractivity contribution in [3.05, 3.63) is 65.3 Å². The first-order valence-electron chi connectivity index (χ1n) is 8.91. The summed E-state index contributed by atoms with van der Waals surface area (Å²) in [5, 5.41) is 0.673. The fourth-order valence-corrected chi connectivity index (χ4v) is 2.64. The molecule has 0 amide bonds. The molecule has 0 radical (unpaired) electrons. The van der Waals surface area contributed by atoms with E-state index in [0.717, 1.165) is 22.5 Å². The average Bonchev–Trinajstić information content (AvgIpc) is 2.86. The van der Waals surface area contributed by atoms with Crippen LogP contribution in [0.5, 0.6) is 0 Å². The van der Waals surface area contributed by atoms with Gasteiger partial charge in [-0.3, -0.25) is 0 Å². The van der Waals surface area contributed by atoms with E-state index in [4.69, 9.17) is 0 Å². The van der Waals surface area contributed by atoms with Gasteiger partial charge in [0.2, 0.25) is 0 Å². The Labute approximate surface area is 158 Å². The molecule has 0 N–H and O–H groups in total. The molecule has 0 saturated carbocycles. The fraction of sp³-hybridized carbons (Fsp3) is 0.391. The van der Waals surface area contributed by atoms with E-state index in [1.165, 1.54) is 5.57 Å². The number of rotatable bonds is 6. The van der Waals surface area contributed by atoms with Gasteiger partial charge in [-0.05, 0) is 51.0 Å². The maximum absolute atomic E-state index is 14.8. The molecule has 1 heterocycles. The van der Waals surface area contributed by atoms with Gasteiger partial charge >= 0.3 is 0 Å². The quantitative estimate of drug-likeness (QED) is 0.388. The van der Waals surface area contributed by atoms with Crippen molar-refractivity contribution in [1.82, 2.24) is 9.69 Å². The van der Waals surface area contributed by atoms with Gasteiger partial charge in [0, 0.05) is 23.9 Å². The number of hydrogen-bond donors (Lipinski definition) is 0. The molecule has 0 aliphatic carbocycles. The Kier molecular flexibility index (Phi) is 7.02. The SMILES string of the molecule is C=Cc1cc(/C(C=C(C)C)=C/C)n(C)c1/C=C(\C)N(F)C(=C)C(C)(C)C. The van der Waals surface area contributed by atoms with Crippen molar-refractivity contribution in [3.8, 4) is 0 Å². The highest BCUT2D eigenvalue weighted by Crippen LogP contribution is 2.31. The molecule has 0 aromatic carbocycles. The molecule has 0 aliphatic heterocycles. The van der Waals surface area contributed by atoms with Crippen molar-refractivity contribution in [3.63, 3.8) is 0 Å². The summed E-state index contributed by atoms with van der Waals surface area (Å²) in [5.41, 5.74) is 5.89. The number of aromatic nitrogens is 1. The Balaban J connectivity index is 3.44. The summed E-state index contributed by atoms with van der Waals surface area (Å²) in [6, 6.07) is 2.09. The highest BCUT2D eigenvalue weighted by atomic mass is 19.2. The second kappa shape index (κ2) is 8.39. The van der Waals surface area contributed by atoms with Gasteiger partial charge in [-0.1, -0.05) is 62.2 Å². The first-order valence-corrected chi connectivity index (χ1v) is 8.91. The second-order valence-corrected chi connectivity index (χ2v) is 7.86. The monoisotopic (exact) mass is 356 g/mol. The van der Waals surface area contributed by atoms with E-state index in [2.05, 4.69) is 49.8 Å². The second-order valence-electron chi connectivity index (χ2n) is 7.86. The maximum Gasteiger partial charge on any atom is 0.0507 e. The topological polar surface area (TPSA) is 8.17 Å². The van der Waals surface area contributed by atoms with Crippen LogP contribution in [-0.2, 0) is 7.05 Å². The van der Waals surface area contributed by atoms with Crippen LogP contribution in [0.15, 0.2) is 48.3 Å². The summed E-state index contributed by atoms with van der Waals surface area (Å²) >= 11 is 0. The van der Waals surface area contributed by atoms with Gasteiger partial charge in [0.05, 0.1) is 11.4 Å². The molecule has 2 nitrogen and oxygen atoms in total. The standard InChI is InChI=1S/C23H33FN2/c1-11-19(13-16(3)4)22-15-20(12-2)21(25(22)10)14-17(5)26(24)18(6)23(7,8)9/h11-15H,2,6H2,1,3-5,7-10H3/b17-14+,19-11+. The smallest absolute Gasteiger partial charge is 0.0507 e. The highest BCUT2D eigenvalue weighted by Gasteiger charge is 2.23. The lowest BCUT2D eigenvalue weighted by Gasteiger charge is -2.27. The fourth-order valence-electron chi connectivity index (χ4n) is 2.64. The Morgan fingerprint density at radius 2 is 1.81 bits per heavy atom. The van der Waals surface area contributed by atoms with Crippen LogP contribution >= 0.6 is 0 Å². The van der Waals surface area contributed by atoms with Crippen LogP contribution in [-0.4, -0.2) is 9.69 Å². The number of hydrogen-bond acceptors (Lipinski definition) is 1. The third-order valence-electron chi connectivity index (χ3n) is 4.34. The molecular formula is C23H33FN2. The first-order chi connectivity index (χ1) is 11.9. The summed E-state index contributed by atoms with van der Waals surface area (Å²) in [4.78, 5) is 0. The molecule has 0 aliphatic rings. The van der Waals surface area contributed by atoms with Crippen molar-refractivity contribution in [2.75, 3.05) is 0 Å². The van der Waals surface area contributed by atoms with E-state index in [-0.39, 0.29) is 5.41 Å². The van der Waals surface area contributed by atoms with Crippen LogP contribution < -0.4 is 0 Å². The van der Waals surface area contributed by atoms with Crippen LogP contribution in [0, 0.1) is 5.41 Å². The van der Waals surface area contributed by atoms with Crippen LogP contribution in [0.3, 0.4) is 0 Å². The van der Waals surface area contributed by atoms with Crippen LogP contribution in [0.25, 0.3) is 17.7 Å². The van der Waals surface area contributed by atoms with E-state index < -0.39 is 0 Å². The van der Waals surface area contributed by atoms with Gasteiger partial charge in [-0.25, -0.2) is 0 Å². The van der Waals surface area contributed by atoms with Crippen molar-refractivity contribution in [2.45, 2.75) is 48.5 Å². The van der Waals surface area contributed by atoms with Gasteiger partial charge < -0.3 is 4.57 Å². The largest absolute Gasteiger partial charge is 0.344 e. The van der Waals surface area contributed by atoms with Crippen LogP contribution in [0.2, 0.25) is 0 Å². The molecule has 0 bridgehead atoms. The van der Waals surface area contributed by atoms with E-state index >= 15 is 0 Å². The molecule has 1 rings (SSSR count). The minimum atomic E-state index is -0.341. The molecule has 0 unspecified atom stereocenters. The lowest BCUT2D eigenvalue weighted by molar-refractivity contribution is 0.0897. The number of allylic oxidation sites excluding steroid dienone is 6. The van der Waals surface area contributed by atoms with Gasteiger partial charge in [-0.2, -0.15) is 5.12 Å². The first kappa shape index (κ1) is 21.8. The average molecular weight is 357 g/mol. The Morgan fingerprint density at radius 3 is 2.23 bits per heavy atom. The molecule has 0 fully saturated rings. The normalized spacial score (nSPS) is 12.8. The Hall–Kier alpha value is -2.29. The minimum absolute atomic E-state index is 0.341. The zero-order valence-corrected chi connectivity index (χ0v) is 17.6. The third-order valence-corrected chi connectivity index (χ3v) is 4.34. The number of nitrogens with zero attached hydrogens (tertiary/aromatic N) is 2. The van der Waals surface area contributed by atoms with Crippen molar-refractivity contribution < 1.29 is 4.48 Å². The molecule has 0 spiro atoms. The highest BCUT2D eigenvalue weighted by molar-refractivity contribution is 5.77. The Bertz CT molecular complexity index is 776. The third kappa shape index (κ3) is 4.87. The maximum atomic E-state index is 14.8. The van der Waals surface area contributed by atoms with Gasteiger partial charge in [-0.15, -0.1) is 0 Å². The van der Waals surface area contributed by atoms with E-state index in [0.29, 0.717) is 16.5 Å². The van der Waals surface area contributed by atoms with Gasteiger partial charge in [0.1, 0.15) is 0 Å². The number of halogens is 1. The molecule has 1 aromatic rings. The summed E-state index contributed by atoms with van der Waals surface area (Å²) in [5.74, 6) is 0. The predicted octanol–water partition coefficient (Wildman–Crippen LogP) is 7.14. The van der Waals surface area contributed by atoms with E-state index in [9.17, 15) is 4.48 Å². The summed E-state index contributed by atoms with van der Waals surface area (Å²) in [6.07, 6.45) is 7.87. The lowest BCUT2D eigenvalue weighted by atomic mass is 9.92. The van der Waals surface area contributed by atoms with Crippen molar-refractivity contribution in [1.29, 1.82) is 0 Å². The molecule has 1 aromatic heterocycles. The predicted molar refractivity (Wildman–Crippen MR) is 114 cm³/mol. The Morgan fingerprint density at radius 1 is 1.23 bits per heavy atom. The molecule has 0 saturated heterocycles. The lowest BCUT2D eigenvalue weighted by Crippen LogP contribution is -2.21. The molecule has 26 heavy (non-hydrogen) atoms. The molecule has 0 atom stereocenters. The van der Waals surface area contributed by atoms with Crippen LogP contribution in [0.4, 0.5) is 4.48 Å². The molecular weight excluding hydrogens is 323 g/mol. The zero-order chi connectivity index (χ0) is 20.2.